The summed E-state index contributed by atoms with van der Waals surface area (Å²) in [6.07, 6.45) is 2.70. The van der Waals surface area contributed by atoms with Crippen LogP contribution in [0.25, 0.3) is 0 Å². The molecule has 0 atom stereocenters. The molecule has 0 amide bonds. The first-order valence-corrected chi connectivity index (χ1v) is 3.22. The normalized spacial score (nSPS) is 8.36. The summed E-state index contributed by atoms with van der Waals surface area (Å²) in [6, 6.07) is 7.13. The van der Waals surface area contributed by atoms with Gasteiger partial charge in [0.25, 0.3) is 0 Å². The monoisotopic (exact) mass is 158 g/mol. The molecule has 0 fully saturated rings. The number of rotatable bonds is 2. The van der Waals surface area contributed by atoms with Gasteiger partial charge in [0.1, 0.15) is 5.75 Å². The van der Waals surface area contributed by atoms with Crippen molar-refractivity contribution in [3.05, 3.63) is 42.5 Å². The third kappa shape index (κ3) is 3.61. The molecule has 0 aliphatic rings. The third-order valence-corrected chi connectivity index (χ3v) is 1.32. The number of benzene rings is 1. The van der Waals surface area contributed by atoms with Crippen molar-refractivity contribution < 1.29 is 36.1 Å². The van der Waals surface area contributed by atoms with E-state index < -0.39 is 0 Å². The van der Waals surface area contributed by atoms with Crippen LogP contribution in [0.15, 0.2) is 36.9 Å². The van der Waals surface area contributed by atoms with Gasteiger partial charge in [-0.15, -0.1) is 6.58 Å². The molecule has 0 saturated carbocycles. The van der Waals surface area contributed by atoms with E-state index in [1.54, 1.807) is 12.1 Å². The molecule has 0 bridgehead atoms. The molecular weight excluding hydrogens is 147 g/mol. The Morgan fingerprint density at radius 1 is 1.36 bits per heavy atom. The molecule has 0 unspecified atom stereocenters. The summed E-state index contributed by atoms with van der Waals surface area (Å²) in [7, 11) is 0. The predicted octanol–water partition coefficient (Wildman–Crippen LogP) is -0.763. The Balaban J connectivity index is 0. The van der Waals surface area contributed by atoms with E-state index in [4.69, 9.17) is 5.11 Å². The van der Waals surface area contributed by atoms with Gasteiger partial charge in [-0.3, -0.25) is 0 Å². The Morgan fingerprint density at radius 2 is 1.91 bits per heavy atom. The van der Waals surface area contributed by atoms with E-state index in [9.17, 15) is 0 Å². The molecule has 0 aliphatic carbocycles. The maximum absolute atomic E-state index is 8.90. The smallest absolute Gasteiger partial charge is 1.00 e. The molecule has 0 radical (unpaired) electrons. The van der Waals surface area contributed by atoms with Crippen molar-refractivity contribution in [1.29, 1.82) is 0 Å². The minimum Gasteiger partial charge on any atom is -1.00 e. The second-order valence-electron chi connectivity index (χ2n) is 2.16. The van der Waals surface area contributed by atoms with E-state index in [2.05, 4.69) is 6.58 Å². The molecular formula is C9H11NaO. The molecule has 54 valence electrons. The Hall–Kier alpha value is -0.240. The Kier molecular flexibility index (Phi) is 5.30. The summed E-state index contributed by atoms with van der Waals surface area (Å²) >= 11 is 0. The Morgan fingerprint density at radius 3 is 2.36 bits per heavy atom. The molecule has 11 heavy (non-hydrogen) atoms. The number of hydrogen-bond donors (Lipinski definition) is 1. The fourth-order valence-electron chi connectivity index (χ4n) is 0.799. The first-order chi connectivity index (χ1) is 4.83. The van der Waals surface area contributed by atoms with Gasteiger partial charge >= 0.3 is 29.6 Å². The largest absolute Gasteiger partial charge is 1.00 e. The summed E-state index contributed by atoms with van der Waals surface area (Å²) in [5, 5.41) is 8.90. The van der Waals surface area contributed by atoms with Crippen LogP contribution in [0.1, 0.15) is 6.99 Å². The maximum atomic E-state index is 8.90. The van der Waals surface area contributed by atoms with Crippen molar-refractivity contribution in [3.63, 3.8) is 0 Å². The van der Waals surface area contributed by atoms with Gasteiger partial charge in [-0.2, -0.15) is 0 Å². The third-order valence-electron chi connectivity index (χ3n) is 1.32. The molecule has 1 aromatic carbocycles. The van der Waals surface area contributed by atoms with Crippen LogP contribution in [-0.2, 0) is 6.42 Å². The van der Waals surface area contributed by atoms with E-state index in [-0.39, 0.29) is 31.0 Å². The zero-order valence-corrected chi connectivity index (χ0v) is 8.75. The van der Waals surface area contributed by atoms with E-state index in [1.807, 2.05) is 18.2 Å². The van der Waals surface area contributed by atoms with Crippen molar-refractivity contribution >= 4 is 0 Å². The molecule has 1 rings (SSSR count). The number of phenols is 1. The van der Waals surface area contributed by atoms with Crippen LogP contribution in [0.4, 0.5) is 0 Å². The van der Waals surface area contributed by atoms with E-state index in [0.717, 1.165) is 6.42 Å². The average Bonchev–Trinajstić information content (AvgIpc) is 1.95. The van der Waals surface area contributed by atoms with Gasteiger partial charge in [0.15, 0.2) is 0 Å². The quantitative estimate of drug-likeness (QED) is 0.443. The molecule has 0 aliphatic heterocycles. The van der Waals surface area contributed by atoms with Crippen LogP contribution in [-0.4, -0.2) is 5.11 Å². The van der Waals surface area contributed by atoms with Crippen LogP contribution >= 0.6 is 0 Å². The van der Waals surface area contributed by atoms with Gasteiger partial charge in [0.2, 0.25) is 0 Å². The Labute approximate surface area is 90.5 Å². The van der Waals surface area contributed by atoms with Crippen molar-refractivity contribution in [1.82, 2.24) is 0 Å². The minimum atomic E-state index is 0. The zero-order valence-electron chi connectivity index (χ0n) is 7.75. The van der Waals surface area contributed by atoms with Gasteiger partial charge in [-0.05, 0) is 24.1 Å². The number of allylic oxidation sites excluding steroid dienone is 1. The summed E-state index contributed by atoms with van der Waals surface area (Å²) in [5.74, 6) is 0.313. The second-order valence-corrected chi connectivity index (χ2v) is 2.16. The second kappa shape index (κ2) is 5.42. The number of phenolic OH excluding ortho intramolecular Hbond substituents is 1. The Bertz CT molecular complexity index is 220. The van der Waals surface area contributed by atoms with E-state index >= 15 is 0 Å². The number of aromatic hydroxyl groups is 1. The fraction of sp³-hybridized carbons (Fsp3) is 0.111. The van der Waals surface area contributed by atoms with E-state index in [1.165, 1.54) is 5.56 Å². The van der Waals surface area contributed by atoms with Crippen molar-refractivity contribution in [2.24, 2.45) is 0 Å². The van der Waals surface area contributed by atoms with Gasteiger partial charge in [0.05, 0.1) is 0 Å². The van der Waals surface area contributed by atoms with Gasteiger partial charge in [-0.25, -0.2) is 0 Å². The number of hydrogen-bond acceptors (Lipinski definition) is 1. The van der Waals surface area contributed by atoms with Gasteiger partial charge in [-0.1, -0.05) is 18.2 Å². The van der Waals surface area contributed by atoms with Crippen LogP contribution in [0.2, 0.25) is 0 Å². The standard InChI is InChI=1S/C9H10O.Na.H/c1-2-3-8-4-6-9(10)7-5-8;;/h2,4-7,10H,1,3H2;;/q;+1;-1. The summed E-state index contributed by atoms with van der Waals surface area (Å²) in [6.45, 7) is 3.62. The van der Waals surface area contributed by atoms with Gasteiger partial charge in [0, 0.05) is 0 Å². The van der Waals surface area contributed by atoms with Crippen LogP contribution in [0.5, 0.6) is 5.75 Å². The topological polar surface area (TPSA) is 20.2 Å². The molecule has 0 heterocycles. The van der Waals surface area contributed by atoms with Gasteiger partial charge < -0.3 is 6.53 Å². The van der Waals surface area contributed by atoms with Crippen molar-refractivity contribution in [2.45, 2.75) is 6.42 Å². The SMILES string of the molecule is C=CCc1ccc(O)cc1.[H-].[Na+]. The molecule has 1 nitrogen and oxygen atoms in total. The molecule has 0 spiro atoms. The maximum Gasteiger partial charge on any atom is 1.00 e. The van der Waals surface area contributed by atoms with Crippen molar-refractivity contribution in [3.8, 4) is 5.75 Å². The molecule has 1 N–H and O–H groups in total. The zero-order chi connectivity index (χ0) is 7.40. The summed E-state index contributed by atoms with van der Waals surface area (Å²) in [4.78, 5) is 0. The van der Waals surface area contributed by atoms with Crippen molar-refractivity contribution in [2.75, 3.05) is 0 Å². The first kappa shape index (κ1) is 10.8. The minimum absolute atomic E-state index is 0. The molecule has 1 aromatic rings. The first-order valence-electron chi connectivity index (χ1n) is 3.22. The van der Waals surface area contributed by atoms with Crippen LogP contribution < -0.4 is 29.6 Å². The molecule has 2 heteroatoms. The van der Waals surface area contributed by atoms with E-state index in [0.29, 0.717) is 5.75 Å². The molecule has 0 saturated heterocycles. The predicted molar refractivity (Wildman–Crippen MR) is 43.1 cm³/mol. The van der Waals surface area contributed by atoms with Crippen LogP contribution in [0.3, 0.4) is 0 Å². The summed E-state index contributed by atoms with van der Waals surface area (Å²) in [5.41, 5.74) is 1.17. The van der Waals surface area contributed by atoms with Crippen LogP contribution in [0, 0.1) is 0 Å². The summed E-state index contributed by atoms with van der Waals surface area (Å²) < 4.78 is 0. The molecule has 0 aromatic heterocycles. The fourth-order valence-corrected chi connectivity index (χ4v) is 0.799. The average molecular weight is 158 g/mol.